The lowest BCUT2D eigenvalue weighted by molar-refractivity contribution is 0.0976. The molecule has 0 spiro atoms. The Labute approximate surface area is 149 Å². The van der Waals surface area contributed by atoms with Gasteiger partial charge in [-0.3, -0.25) is 15.1 Å². The number of thiocarbonyl (C=S) groups is 1. The van der Waals surface area contributed by atoms with Gasteiger partial charge in [0.05, 0.1) is 17.2 Å². The summed E-state index contributed by atoms with van der Waals surface area (Å²) in [6.07, 6.45) is 3.39. The molecule has 0 bridgehead atoms. The van der Waals surface area contributed by atoms with Crippen molar-refractivity contribution in [3.63, 3.8) is 0 Å². The van der Waals surface area contributed by atoms with Crippen LogP contribution >= 0.6 is 35.4 Å². The van der Waals surface area contributed by atoms with E-state index in [2.05, 4.69) is 15.6 Å². The first-order valence-corrected chi connectivity index (χ1v) is 7.68. The van der Waals surface area contributed by atoms with Crippen LogP contribution < -0.4 is 15.4 Å². The second-order valence-electron chi connectivity index (χ2n) is 4.47. The summed E-state index contributed by atoms with van der Waals surface area (Å²) in [4.78, 5) is 16.2. The predicted octanol–water partition coefficient (Wildman–Crippen LogP) is 3.20. The summed E-state index contributed by atoms with van der Waals surface area (Å²) in [6, 6.07) is 6.64. The standard InChI is InChI=1S/C15H13Cl2N3O2S/c1-22-13-11(16)5-10(6-12(13)17)14(21)20-15(23)19-8-9-3-2-4-18-7-9/h2-7H,8H2,1H3,(H2,19,20,21,23). The highest BCUT2D eigenvalue weighted by molar-refractivity contribution is 7.80. The van der Waals surface area contributed by atoms with Crippen LogP contribution in [0.15, 0.2) is 36.7 Å². The zero-order valence-corrected chi connectivity index (χ0v) is 14.4. The molecule has 5 nitrogen and oxygen atoms in total. The van der Waals surface area contributed by atoms with Gasteiger partial charge in [0.2, 0.25) is 0 Å². The van der Waals surface area contributed by atoms with Gasteiger partial charge in [0.1, 0.15) is 0 Å². The van der Waals surface area contributed by atoms with Crippen LogP contribution in [0.4, 0.5) is 0 Å². The minimum absolute atomic E-state index is 0.196. The molecule has 2 N–H and O–H groups in total. The lowest BCUT2D eigenvalue weighted by atomic mass is 10.2. The van der Waals surface area contributed by atoms with E-state index >= 15 is 0 Å². The molecule has 0 aliphatic rings. The fourth-order valence-corrected chi connectivity index (χ4v) is 2.60. The molecule has 120 valence electrons. The van der Waals surface area contributed by atoms with Gasteiger partial charge in [0.15, 0.2) is 10.9 Å². The lowest BCUT2D eigenvalue weighted by Gasteiger charge is -2.11. The van der Waals surface area contributed by atoms with E-state index in [1.54, 1.807) is 12.4 Å². The van der Waals surface area contributed by atoms with Crippen LogP contribution in [0.1, 0.15) is 15.9 Å². The van der Waals surface area contributed by atoms with Crippen molar-refractivity contribution in [3.05, 3.63) is 57.8 Å². The third kappa shape index (κ3) is 4.79. The van der Waals surface area contributed by atoms with Crippen molar-refractivity contribution in [2.24, 2.45) is 0 Å². The molecule has 0 aliphatic carbocycles. The highest BCUT2D eigenvalue weighted by Crippen LogP contribution is 2.33. The van der Waals surface area contributed by atoms with E-state index in [1.807, 2.05) is 12.1 Å². The second-order valence-corrected chi connectivity index (χ2v) is 5.69. The minimum Gasteiger partial charge on any atom is -0.494 e. The summed E-state index contributed by atoms with van der Waals surface area (Å²) >= 11 is 17.1. The Balaban J connectivity index is 1.97. The van der Waals surface area contributed by atoms with Crippen LogP contribution in [0, 0.1) is 0 Å². The van der Waals surface area contributed by atoms with Gasteiger partial charge in [-0.15, -0.1) is 0 Å². The molecule has 0 saturated carbocycles. The largest absolute Gasteiger partial charge is 0.494 e. The highest BCUT2D eigenvalue weighted by Gasteiger charge is 2.14. The quantitative estimate of drug-likeness (QED) is 0.810. The summed E-state index contributed by atoms with van der Waals surface area (Å²) < 4.78 is 5.04. The fraction of sp³-hybridized carbons (Fsp3) is 0.133. The summed E-state index contributed by atoms with van der Waals surface area (Å²) in [7, 11) is 1.45. The highest BCUT2D eigenvalue weighted by atomic mass is 35.5. The maximum absolute atomic E-state index is 12.2. The summed E-state index contributed by atoms with van der Waals surface area (Å²) in [5, 5.41) is 6.18. The van der Waals surface area contributed by atoms with Gasteiger partial charge in [0, 0.05) is 24.5 Å². The topological polar surface area (TPSA) is 63.2 Å². The Morgan fingerprint density at radius 1 is 1.35 bits per heavy atom. The smallest absolute Gasteiger partial charge is 0.257 e. The number of amides is 1. The number of carbonyl (C=O) groups excluding carboxylic acids is 1. The number of carbonyl (C=O) groups is 1. The van der Waals surface area contributed by atoms with Crippen molar-refractivity contribution in [1.82, 2.24) is 15.6 Å². The third-order valence-electron chi connectivity index (χ3n) is 2.87. The number of halogens is 2. The average Bonchev–Trinajstić information content (AvgIpc) is 2.53. The van der Waals surface area contributed by atoms with Crippen LogP contribution in [0.25, 0.3) is 0 Å². The normalized spacial score (nSPS) is 10.0. The van der Waals surface area contributed by atoms with E-state index < -0.39 is 5.91 Å². The Morgan fingerprint density at radius 3 is 2.61 bits per heavy atom. The molecule has 1 aromatic heterocycles. The van der Waals surface area contributed by atoms with Crippen LogP contribution in [0.5, 0.6) is 5.75 Å². The van der Waals surface area contributed by atoms with Crippen LogP contribution in [-0.2, 0) is 6.54 Å². The molecule has 1 amide bonds. The number of methoxy groups -OCH3 is 1. The van der Waals surface area contributed by atoms with E-state index in [-0.39, 0.29) is 20.7 Å². The van der Waals surface area contributed by atoms with Crippen molar-refractivity contribution >= 4 is 46.4 Å². The molecule has 0 unspecified atom stereocenters. The Hall–Kier alpha value is -1.89. The monoisotopic (exact) mass is 369 g/mol. The molecule has 0 fully saturated rings. The number of nitrogens with zero attached hydrogens (tertiary/aromatic N) is 1. The third-order valence-corrected chi connectivity index (χ3v) is 3.68. The number of pyridine rings is 1. The average molecular weight is 370 g/mol. The first-order chi connectivity index (χ1) is 11.0. The Bertz CT molecular complexity index is 703. The van der Waals surface area contributed by atoms with Gasteiger partial charge in [-0.1, -0.05) is 29.3 Å². The van der Waals surface area contributed by atoms with Gasteiger partial charge < -0.3 is 10.1 Å². The molecular formula is C15H13Cl2N3O2S. The first-order valence-electron chi connectivity index (χ1n) is 6.52. The number of benzene rings is 1. The number of ether oxygens (including phenoxy) is 1. The van der Waals surface area contributed by atoms with E-state index in [4.69, 9.17) is 40.2 Å². The molecular weight excluding hydrogens is 357 g/mol. The summed E-state index contributed by atoms with van der Waals surface area (Å²) in [5.74, 6) is -0.0951. The molecule has 0 aliphatic heterocycles. The number of hydrogen-bond donors (Lipinski definition) is 2. The van der Waals surface area contributed by atoms with Crippen molar-refractivity contribution in [2.45, 2.75) is 6.54 Å². The zero-order valence-electron chi connectivity index (χ0n) is 12.1. The maximum Gasteiger partial charge on any atom is 0.257 e. The predicted molar refractivity (Wildman–Crippen MR) is 94.2 cm³/mol. The maximum atomic E-state index is 12.2. The van der Waals surface area contributed by atoms with Crippen LogP contribution in [-0.4, -0.2) is 23.1 Å². The first kappa shape index (κ1) is 17.5. The van der Waals surface area contributed by atoms with Crippen molar-refractivity contribution in [3.8, 4) is 5.75 Å². The number of nitrogens with one attached hydrogen (secondary N) is 2. The zero-order chi connectivity index (χ0) is 16.8. The molecule has 0 radical (unpaired) electrons. The molecule has 0 saturated heterocycles. The van der Waals surface area contributed by atoms with Gasteiger partial charge in [0.25, 0.3) is 5.91 Å². The molecule has 23 heavy (non-hydrogen) atoms. The van der Waals surface area contributed by atoms with Crippen molar-refractivity contribution in [2.75, 3.05) is 7.11 Å². The fourth-order valence-electron chi connectivity index (χ4n) is 1.79. The summed E-state index contributed by atoms with van der Waals surface area (Å²) in [5.41, 5.74) is 1.23. The summed E-state index contributed by atoms with van der Waals surface area (Å²) in [6.45, 7) is 0.455. The number of hydrogen-bond acceptors (Lipinski definition) is 4. The Kier molecular flexibility index (Phi) is 6.15. The molecule has 8 heteroatoms. The number of rotatable bonds is 4. The van der Waals surface area contributed by atoms with E-state index in [9.17, 15) is 4.79 Å². The Morgan fingerprint density at radius 2 is 2.04 bits per heavy atom. The minimum atomic E-state index is -0.417. The molecule has 2 rings (SSSR count). The van der Waals surface area contributed by atoms with E-state index in [0.717, 1.165) is 5.56 Å². The van der Waals surface area contributed by atoms with E-state index in [0.29, 0.717) is 12.3 Å². The number of aromatic nitrogens is 1. The lowest BCUT2D eigenvalue weighted by Crippen LogP contribution is -2.38. The second kappa shape index (κ2) is 8.10. The molecule has 1 heterocycles. The van der Waals surface area contributed by atoms with Crippen LogP contribution in [0.2, 0.25) is 10.0 Å². The van der Waals surface area contributed by atoms with Gasteiger partial charge in [-0.2, -0.15) is 0 Å². The van der Waals surface area contributed by atoms with Gasteiger partial charge in [-0.25, -0.2) is 0 Å². The van der Waals surface area contributed by atoms with Gasteiger partial charge >= 0.3 is 0 Å². The van der Waals surface area contributed by atoms with Crippen molar-refractivity contribution in [1.29, 1.82) is 0 Å². The molecule has 0 atom stereocenters. The SMILES string of the molecule is COc1c(Cl)cc(C(=O)NC(=S)NCc2cccnc2)cc1Cl. The van der Waals surface area contributed by atoms with Crippen LogP contribution in [0.3, 0.4) is 0 Å². The van der Waals surface area contributed by atoms with Crippen molar-refractivity contribution < 1.29 is 9.53 Å². The molecule has 2 aromatic rings. The van der Waals surface area contributed by atoms with E-state index in [1.165, 1.54) is 19.2 Å². The molecule has 1 aromatic carbocycles. The van der Waals surface area contributed by atoms with Gasteiger partial charge in [-0.05, 0) is 36.0 Å².